The molecule has 0 aromatic carbocycles. The summed E-state index contributed by atoms with van der Waals surface area (Å²) in [5.74, 6) is 0. The molecule has 3 rings (SSSR count). The summed E-state index contributed by atoms with van der Waals surface area (Å²) in [6.45, 7) is 3.05. The molecule has 110 valence electrons. The monoisotopic (exact) mass is 286 g/mol. The topological polar surface area (TPSA) is 25.4 Å². The molecule has 2 fully saturated rings. The summed E-state index contributed by atoms with van der Waals surface area (Å²) in [6, 6.07) is 2.80. The van der Waals surface area contributed by atoms with E-state index in [1.165, 1.54) is 6.20 Å². The first-order valence-corrected chi connectivity index (χ1v) is 6.85. The number of alkyl halides is 3. The molecule has 3 nitrogen and oxygen atoms in total. The first-order chi connectivity index (χ1) is 9.49. The van der Waals surface area contributed by atoms with E-state index in [4.69, 9.17) is 4.74 Å². The highest BCUT2D eigenvalue weighted by Gasteiger charge is 2.39. The Kier molecular flexibility index (Phi) is 3.36. The van der Waals surface area contributed by atoms with Gasteiger partial charge in [-0.1, -0.05) is 0 Å². The summed E-state index contributed by atoms with van der Waals surface area (Å²) in [7, 11) is 0. The van der Waals surface area contributed by atoms with Crippen molar-refractivity contribution in [3.63, 3.8) is 0 Å². The Hall–Kier alpha value is -1.30. The summed E-state index contributed by atoms with van der Waals surface area (Å²) < 4.78 is 43.7. The van der Waals surface area contributed by atoms with Crippen molar-refractivity contribution in [2.75, 3.05) is 31.2 Å². The molecule has 0 bridgehead atoms. The second-order valence-electron chi connectivity index (χ2n) is 5.72. The van der Waals surface area contributed by atoms with E-state index in [2.05, 4.69) is 4.98 Å². The summed E-state index contributed by atoms with van der Waals surface area (Å²) in [5, 5.41) is 0. The lowest BCUT2D eigenvalue weighted by Crippen LogP contribution is -2.43. The lowest BCUT2D eigenvalue weighted by atomic mass is 9.79. The molecule has 1 spiro atoms. The maximum atomic E-state index is 12.7. The van der Waals surface area contributed by atoms with E-state index in [0.717, 1.165) is 51.6 Å². The number of ether oxygens (including phenoxy) is 1. The van der Waals surface area contributed by atoms with Gasteiger partial charge >= 0.3 is 6.18 Å². The Morgan fingerprint density at radius 1 is 1.30 bits per heavy atom. The lowest BCUT2D eigenvalue weighted by molar-refractivity contribution is -0.141. The van der Waals surface area contributed by atoms with Crippen molar-refractivity contribution in [2.24, 2.45) is 5.41 Å². The predicted octanol–water partition coefficient (Wildman–Crippen LogP) is 3.11. The molecule has 2 aliphatic rings. The Morgan fingerprint density at radius 2 is 2.15 bits per heavy atom. The van der Waals surface area contributed by atoms with Crippen LogP contribution in [-0.2, 0) is 10.9 Å². The molecule has 2 saturated heterocycles. The maximum absolute atomic E-state index is 12.7. The first-order valence-electron chi connectivity index (χ1n) is 6.85. The normalized spacial score (nSPS) is 27.2. The van der Waals surface area contributed by atoms with Gasteiger partial charge in [-0.05, 0) is 31.4 Å². The highest BCUT2D eigenvalue weighted by atomic mass is 19.4. The third kappa shape index (κ3) is 2.61. The Bertz CT molecular complexity index is 484. The van der Waals surface area contributed by atoms with Crippen LogP contribution in [0, 0.1) is 5.41 Å². The molecular weight excluding hydrogens is 269 g/mol. The van der Waals surface area contributed by atoms with Crippen LogP contribution < -0.4 is 4.90 Å². The minimum atomic E-state index is -4.39. The highest BCUT2D eigenvalue weighted by Crippen LogP contribution is 2.39. The van der Waals surface area contributed by atoms with Crippen molar-refractivity contribution in [1.82, 2.24) is 4.98 Å². The number of anilines is 1. The number of aromatic nitrogens is 1. The number of piperidine rings is 1. The largest absolute Gasteiger partial charge is 0.433 e. The van der Waals surface area contributed by atoms with Crippen LogP contribution in [-0.4, -0.2) is 31.3 Å². The number of hydrogen-bond donors (Lipinski definition) is 0. The fourth-order valence-electron chi connectivity index (χ4n) is 3.17. The third-order valence-corrected chi connectivity index (χ3v) is 4.25. The van der Waals surface area contributed by atoms with Crippen LogP contribution >= 0.6 is 0 Å². The minimum absolute atomic E-state index is 0.125. The molecule has 1 aromatic rings. The van der Waals surface area contributed by atoms with Gasteiger partial charge in [-0.25, -0.2) is 0 Å². The lowest BCUT2D eigenvalue weighted by Gasteiger charge is -2.40. The van der Waals surface area contributed by atoms with E-state index in [0.29, 0.717) is 5.69 Å². The van der Waals surface area contributed by atoms with Gasteiger partial charge in [-0.15, -0.1) is 0 Å². The Labute approximate surface area is 115 Å². The molecule has 0 amide bonds. The van der Waals surface area contributed by atoms with Crippen molar-refractivity contribution in [3.8, 4) is 0 Å². The van der Waals surface area contributed by atoms with Gasteiger partial charge in [-0.2, -0.15) is 13.2 Å². The van der Waals surface area contributed by atoms with Crippen LogP contribution in [0.2, 0.25) is 0 Å². The van der Waals surface area contributed by atoms with Gasteiger partial charge in [0.2, 0.25) is 0 Å². The molecule has 3 heterocycles. The maximum Gasteiger partial charge on any atom is 0.433 e. The molecule has 2 aliphatic heterocycles. The average Bonchev–Trinajstić information content (AvgIpc) is 2.86. The SMILES string of the molecule is FC(F)(F)c1cc(N2CCCC3(CCOC3)C2)ccn1. The fraction of sp³-hybridized carbons (Fsp3) is 0.643. The molecule has 20 heavy (non-hydrogen) atoms. The van der Waals surface area contributed by atoms with Crippen LogP contribution in [0.5, 0.6) is 0 Å². The van der Waals surface area contributed by atoms with E-state index in [-0.39, 0.29) is 5.41 Å². The van der Waals surface area contributed by atoms with E-state index in [1.807, 2.05) is 4.90 Å². The standard InChI is InChI=1S/C14H17F3N2O/c15-14(16,17)12-8-11(2-5-18-12)19-6-1-3-13(9-19)4-7-20-10-13/h2,5,8H,1,3-4,6-7,9-10H2. The van der Waals surface area contributed by atoms with E-state index >= 15 is 0 Å². The van der Waals surface area contributed by atoms with Crippen LogP contribution in [0.3, 0.4) is 0 Å². The smallest absolute Gasteiger partial charge is 0.381 e. The van der Waals surface area contributed by atoms with Gasteiger partial charge in [0.05, 0.1) is 6.61 Å². The van der Waals surface area contributed by atoms with Crippen molar-refractivity contribution in [3.05, 3.63) is 24.0 Å². The third-order valence-electron chi connectivity index (χ3n) is 4.25. The molecule has 1 unspecified atom stereocenters. The fourth-order valence-corrected chi connectivity index (χ4v) is 3.17. The summed E-state index contributed by atoms with van der Waals surface area (Å²) in [4.78, 5) is 5.45. The molecule has 1 aromatic heterocycles. The number of halogens is 3. The summed E-state index contributed by atoms with van der Waals surface area (Å²) in [6.07, 6.45) is -0.0566. The van der Waals surface area contributed by atoms with E-state index in [9.17, 15) is 13.2 Å². The number of nitrogens with zero attached hydrogens (tertiary/aromatic N) is 2. The Balaban J connectivity index is 1.82. The summed E-state index contributed by atoms with van der Waals surface area (Å²) in [5.41, 5.74) is -0.0875. The van der Waals surface area contributed by atoms with E-state index in [1.54, 1.807) is 6.07 Å². The van der Waals surface area contributed by atoms with Crippen molar-refractivity contribution in [1.29, 1.82) is 0 Å². The van der Waals surface area contributed by atoms with Crippen LogP contribution in [0.25, 0.3) is 0 Å². The second-order valence-corrected chi connectivity index (χ2v) is 5.72. The van der Waals surface area contributed by atoms with Gasteiger partial charge in [0, 0.05) is 37.0 Å². The number of hydrogen-bond acceptors (Lipinski definition) is 3. The van der Waals surface area contributed by atoms with Gasteiger partial charge in [0.25, 0.3) is 0 Å². The van der Waals surface area contributed by atoms with Gasteiger partial charge in [-0.3, -0.25) is 4.98 Å². The predicted molar refractivity (Wildman–Crippen MR) is 68.6 cm³/mol. The van der Waals surface area contributed by atoms with Gasteiger partial charge in [0.15, 0.2) is 0 Å². The molecule has 0 N–H and O–H groups in total. The molecular formula is C14H17F3N2O. The van der Waals surface area contributed by atoms with Crippen LogP contribution in [0.4, 0.5) is 18.9 Å². The molecule has 0 radical (unpaired) electrons. The van der Waals surface area contributed by atoms with Crippen molar-refractivity contribution < 1.29 is 17.9 Å². The van der Waals surface area contributed by atoms with Gasteiger partial charge < -0.3 is 9.64 Å². The first kappa shape index (κ1) is 13.7. The quantitative estimate of drug-likeness (QED) is 0.793. The zero-order valence-corrected chi connectivity index (χ0v) is 11.1. The molecule has 0 aliphatic carbocycles. The minimum Gasteiger partial charge on any atom is -0.381 e. The summed E-state index contributed by atoms with van der Waals surface area (Å²) >= 11 is 0. The van der Waals surface area contributed by atoms with Crippen LogP contribution in [0.1, 0.15) is 25.0 Å². The Morgan fingerprint density at radius 3 is 2.85 bits per heavy atom. The van der Waals surface area contributed by atoms with E-state index < -0.39 is 11.9 Å². The zero-order valence-electron chi connectivity index (χ0n) is 11.1. The highest BCUT2D eigenvalue weighted by molar-refractivity contribution is 5.47. The second kappa shape index (κ2) is 4.91. The molecule has 1 atom stereocenters. The zero-order chi connectivity index (χ0) is 14.2. The number of rotatable bonds is 1. The van der Waals surface area contributed by atoms with Crippen LogP contribution in [0.15, 0.2) is 18.3 Å². The number of pyridine rings is 1. The van der Waals surface area contributed by atoms with Crippen molar-refractivity contribution >= 4 is 5.69 Å². The molecule has 0 saturated carbocycles. The average molecular weight is 286 g/mol. The van der Waals surface area contributed by atoms with Gasteiger partial charge in [0.1, 0.15) is 5.69 Å². The van der Waals surface area contributed by atoms with Crippen molar-refractivity contribution in [2.45, 2.75) is 25.4 Å². The molecule has 6 heteroatoms.